The molecule has 0 saturated carbocycles. The van der Waals surface area contributed by atoms with E-state index in [0.717, 1.165) is 5.06 Å². The van der Waals surface area contributed by atoms with E-state index in [1.807, 2.05) is 0 Å². The third kappa shape index (κ3) is 6.29. The van der Waals surface area contributed by atoms with E-state index in [-0.39, 0.29) is 34.0 Å². The van der Waals surface area contributed by atoms with Gasteiger partial charge in [-0.15, -0.1) is 0 Å². The second-order valence-electron chi connectivity index (χ2n) is 5.01. The minimum Gasteiger partial charge on any atom is -0.314 e. The summed E-state index contributed by atoms with van der Waals surface area (Å²) in [5, 5.41) is 10.6. The van der Waals surface area contributed by atoms with Crippen LogP contribution < -0.4 is 0 Å². The van der Waals surface area contributed by atoms with Crippen molar-refractivity contribution in [3.63, 3.8) is 0 Å². The van der Waals surface area contributed by atoms with Gasteiger partial charge in [-0.3, -0.25) is 9.11 Å². The van der Waals surface area contributed by atoms with Gasteiger partial charge in [0.2, 0.25) is 0 Å². The number of hydrogen-bond donors (Lipinski definition) is 3. The molecule has 0 bridgehead atoms. The SMILES string of the molecule is C[N+](C)(CCN(O)CC[N+](C)(C)S(=O)O)S(=O)O. The van der Waals surface area contributed by atoms with Gasteiger partial charge in [0.15, 0.2) is 0 Å². The van der Waals surface area contributed by atoms with Crippen molar-refractivity contribution in [1.29, 1.82) is 0 Å². The van der Waals surface area contributed by atoms with Gasteiger partial charge in [0.1, 0.15) is 13.1 Å². The maximum absolute atomic E-state index is 10.9. The highest BCUT2D eigenvalue weighted by Gasteiger charge is 2.26. The summed E-state index contributed by atoms with van der Waals surface area (Å²) >= 11 is -4.03. The average Bonchev–Trinajstić information content (AvgIpc) is 2.23. The van der Waals surface area contributed by atoms with Crippen LogP contribution in [0.15, 0.2) is 0 Å². The van der Waals surface area contributed by atoms with Crippen molar-refractivity contribution in [3.05, 3.63) is 0 Å². The maximum Gasteiger partial charge on any atom is 0.358 e. The number of nitrogens with zero attached hydrogens (tertiary/aromatic N) is 3. The van der Waals surface area contributed by atoms with Gasteiger partial charge in [0, 0.05) is 0 Å². The molecule has 0 aromatic heterocycles. The number of quaternary nitrogens is 2. The van der Waals surface area contributed by atoms with Gasteiger partial charge in [-0.1, -0.05) is 0 Å². The molecule has 0 saturated heterocycles. The molecule has 0 aromatic carbocycles. The largest absolute Gasteiger partial charge is 0.358 e. The molecule has 0 rings (SSSR count). The molecule has 8 nitrogen and oxygen atoms in total. The number of rotatable bonds is 8. The van der Waals surface area contributed by atoms with Gasteiger partial charge >= 0.3 is 22.5 Å². The molecule has 0 amide bonds. The Morgan fingerprint density at radius 3 is 1.39 bits per heavy atom. The zero-order chi connectivity index (χ0) is 14.6. The fourth-order valence-corrected chi connectivity index (χ4v) is 1.46. The van der Waals surface area contributed by atoms with E-state index < -0.39 is 22.5 Å². The lowest BCUT2D eigenvalue weighted by molar-refractivity contribution is -0.767. The van der Waals surface area contributed by atoms with Crippen LogP contribution >= 0.6 is 0 Å². The molecule has 0 aromatic rings. The van der Waals surface area contributed by atoms with Gasteiger partial charge in [0.25, 0.3) is 0 Å². The van der Waals surface area contributed by atoms with E-state index in [1.54, 1.807) is 28.2 Å². The van der Waals surface area contributed by atoms with E-state index >= 15 is 0 Å². The van der Waals surface area contributed by atoms with Crippen LogP contribution in [-0.2, 0) is 22.5 Å². The highest BCUT2D eigenvalue weighted by molar-refractivity contribution is 7.73. The Bertz CT molecular complexity index is 294. The third-order valence-corrected chi connectivity index (χ3v) is 4.70. The number of hydroxylamine groups is 2. The van der Waals surface area contributed by atoms with Gasteiger partial charge in [-0.05, 0) is 0 Å². The van der Waals surface area contributed by atoms with Crippen molar-refractivity contribution >= 4 is 22.5 Å². The Labute approximate surface area is 113 Å². The summed E-state index contributed by atoms with van der Waals surface area (Å²) in [6.45, 7) is 0.985. The van der Waals surface area contributed by atoms with Crippen molar-refractivity contribution in [1.82, 2.24) is 5.06 Å². The highest BCUT2D eigenvalue weighted by atomic mass is 32.2. The molecule has 0 spiro atoms. The van der Waals surface area contributed by atoms with Crippen LogP contribution in [0.25, 0.3) is 0 Å². The summed E-state index contributed by atoms with van der Waals surface area (Å²) < 4.78 is 39.6. The monoisotopic (exact) mass is 305 g/mol. The van der Waals surface area contributed by atoms with Crippen molar-refractivity contribution in [2.45, 2.75) is 0 Å². The Hall–Kier alpha value is 0.0600. The molecule has 18 heavy (non-hydrogen) atoms. The predicted molar refractivity (Wildman–Crippen MR) is 68.9 cm³/mol. The van der Waals surface area contributed by atoms with E-state index in [2.05, 4.69) is 0 Å². The fraction of sp³-hybridized carbons (Fsp3) is 1.00. The summed E-state index contributed by atoms with van der Waals surface area (Å²) in [6.07, 6.45) is 0. The quantitative estimate of drug-likeness (QED) is 0.305. The number of hydrogen-bond acceptors (Lipinski definition) is 4. The lowest BCUT2D eigenvalue weighted by Gasteiger charge is -2.27. The maximum atomic E-state index is 10.9. The van der Waals surface area contributed by atoms with E-state index in [9.17, 15) is 13.6 Å². The summed E-state index contributed by atoms with van der Waals surface area (Å²) in [4.78, 5) is 0. The standard InChI is InChI=1S/C8H21N3O5S2/c1-10(2,17(13)14)7-5-9(12)6-8-11(3,4)18(15)16/h12H,5-8H2,1-4H3/p+2. The Morgan fingerprint density at radius 2 is 1.17 bits per heavy atom. The fourth-order valence-electron chi connectivity index (χ4n) is 0.981. The van der Waals surface area contributed by atoms with E-state index in [4.69, 9.17) is 9.11 Å². The van der Waals surface area contributed by atoms with Crippen LogP contribution in [0, 0.1) is 0 Å². The molecule has 3 N–H and O–H groups in total. The third-order valence-electron chi connectivity index (χ3n) is 2.64. The van der Waals surface area contributed by atoms with Crippen LogP contribution in [0.3, 0.4) is 0 Å². The topological polar surface area (TPSA) is 98.1 Å². The van der Waals surface area contributed by atoms with Gasteiger partial charge < -0.3 is 5.21 Å². The van der Waals surface area contributed by atoms with Crippen molar-refractivity contribution in [3.8, 4) is 0 Å². The Morgan fingerprint density at radius 1 is 0.889 bits per heavy atom. The molecule has 0 aliphatic carbocycles. The minimum atomic E-state index is -2.01. The molecule has 0 aliphatic heterocycles. The number of likely N-dealkylation sites (N-methyl/N-ethyl adjacent to an activating group) is 2. The predicted octanol–water partition coefficient (Wildman–Crippen LogP) is -0.896. The van der Waals surface area contributed by atoms with Crippen LogP contribution in [0.4, 0.5) is 0 Å². The molecule has 0 heterocycles. The molecular weight excluding hydrogens is 282 g/mol. The average molecular weight is 305 g/mol. The molecule has 0 radical (unpaired) electrons. The summed E-state index contributed by atoms with van der Waals surface area (Å²) in [5.74, 6) is 0. The first-order chi connectivity index (χ1) is 7.99. The smallest absolute Gasteiger partial charge is 0.314 e. The van der Waals surface area contributed by atoms with Crippen molar-refractivity contribution < 1.29 is 30.5 Å². The first-order valence-electron chi connectivity index (χ1n) is 5.32. The lowest BCUT2D eigenvalue weighted by atomic mass is 10.5. The molecule has 110 valence electrons. The van der Waals surface area contributed by atoms with E-state index in [1.165, 1.54) is 0 Å². The first-order valence-corrected chi connectivity index (χ1v) is 7.44. The minimum absolute atomic E-state index is 0.138. The zero-order valence-corrected chi connectivity index (χ0v) is 12.8. The van der Waals surface area contributed by atoms with Crippen LogP contribution in [-0.4, -0.2) is 89.9 Å². The van der Waals surface area contributed by atoms with Crippen LogP contribution in [0.2, 0.25) is 0 Å². The zero-order valence-electron chi connectivity index (χ0n) is 11.1. The highest BCUT2D eigenvalue weighted by Crippen LogP contribution is 2.03. The van der Waals surface area contributed by atoms with Crippen LogP contribution in [0.5, 0.6) is 0 Å². The van der Waals surface area contributed by atoms with Gasteiger partial charge in [-0.2, -0.15) is 13.5 Å². The Kier molecular flexibility index (Phi) is 7.03. The van der Waals surface area contributed by atoms with Gasteiger partial charge in [-0.25, -0.2) is 7.78 Å². The van der Waals surface area contributed by atoms with Crippen molar-refractivity contribution in [2.24, 2.45) is 0 Å². The van der Waals surface area contributed by atoms with Crippen LogP contribution in [0.1, 0.15) is 0 Å². The van der Waals surface area contributed by atoms with E-state index in [0.29, 0.717) is 0 Å². The van der Waals surface area contributed by atoms with Crippen molar-refractivity contribution in [2.75, 3.05) is 54.4 Å². The molecule has 2 atom stereocenters. The second kappa shape index (κ2) is 7.01. The molecular formula is C8H23N3O5S2+2. The molecule has 0 aliphatic rings. The normalized spacial score (nSPS) is 16.9. The Balaban J connectivity index is 4.11. The van der Waals surface area contributed by atoms with Gasteiger partial charge in [0.05, 0.1) is 41.3 Å². The lowest BCUT2D eigenvalue weighted by Crippen LogP contribution is -2.49. The molecule has 0 fully saturated rings. The molecule has 2 unspecified atom stereocenters. The summed E-state index contributed by atoms with van der Waals surface area (Å²) in [7, 11) is 6.30. The summed E-state index contributed by atoms with van der Waals surface area (Å²) in [5.41, 5.74) is 0. The first kappa shape index (κ1) is 18.1. The molecule has 10 heteroatoms. The summed E-state index contributed by atoms with van der Waals surface area (Å²) in [6, 6.07) is 0. The second-order valence-corrected chi connectivity index (χ2v) is 7.91.